The molecule has 0 bridgehead atoms. The zero-order valence-electron chi connectivity index (χ0n) is 7.45. The average molecular weight is 163 g/mol. The summed E-state index contributed by atoms with van der Waals surface area (Å²) in [5.74, 6) is 0. The highest BCUT2D eigenvalue weighted by atomic mass is 16.5. The van der Waals surface area contributed by atoms with Crippen molar-refractivity contribution >= 4 is 12.1 Å². The first-order chi connectivity index (χ1) is 5.83. The predicted molar refractivity (Wildman–Crippen MR) is 51.0 cm³/mol. The van der Waals surface area contributed by atoms with Gasteiger partial charge in [-0.2, -0.15) is 0 Å². The van der Waals surface area contributed by atoms with Gasteiger partial charge < -0.3 is 4.74 Å². The molecule has 0 aromatic heterocycles. The summed E-state index contributed by atoms with van der Waals surface area (Å²) in [4.78, 5) is 4.09. The quantitative estimate of drug-likeness (QED) is 0.496. The van der Waals surface area contributed by atoms with E-state index >= 15 is 0 Å². The maximum Gasteiger partial charge on any atom is 0.174 e. The molecular weight excluding hydrogens is 150 g/mol. The number of rotatable bonds is 3. The molecule has 12 heavy (non-hydrogen) atoms. The summed E-state index contributed by atoms with van der Waals surface area (Å²) >= 11 is 0. The van der Waals surface area contributed by atoms with E-state index in [1.165, 1.54) is 12.0 Å². The van der Waals surface area contributed by atoms with E-state index in [0.717, 1.165) is 5.69 Å². The van der Waals surface area contributed by atoms with Gasteiger partial charge in [-0.3, -0.25) is 0 Å². The minimum atomic E-state index is 0.662. The summed E-state index contributed by atoms with van der Waals surface area (Å²) < 4.78 is 4.98. The second-order valence-electron chi connectivity index (χ2n) is 2.53. The Kier molecular flexibility index (Phi) is 3.33. The van der Waals surface area contributed by atoms with Gasteiger partial charge in [-0.25, -0.2) is 4.99 Å². The van der Waals surface area contributed by atoms with Crippen LogP contribution in [0.1, 0.15) is 12.5 Å². The first-order valence-electron chi connectivity index (χ1n) is 4.03. The minimum absolute atomic E-state index is 0.662. The molecule has 1 aromatic carbocycles. The molecular formula is C10H13NO. The van der Waals surface area contributed by atoms with Crippen LogP contribution in [0.3, 0.4) is 0 Å². The third kappa shape index (κ3) is 2.74. The lowest BCUT2D eigenvalue weighted by Crippen LogP contribution is -1.83. The number of hydrogen-bond acceptors (Lipinski definition) is 2. The van der Waals surface area contributed by atoms with Crippen LogP contribution in [-0.4, -0.2) is 13.0 Å². The van der Waals surface area contributed by atoms with E-state index in [2.05, 4.69) is 11.9 Å². The fourth-order valence-electron chi connectivity index (χ4n) is 0.803. The van der Waals surface area contributed by atoms with Crippen molar-refractivity contribution < 1.29 is 4.74 Å². The zero-order valence-corrected chi connectivity index (χ0v) is 7.45. The van der Waals surface area contributed by atoms with E-state index in [1.807, 2.05) is 31.2 Å². The normalized spacial score (nSPS) is 10.5. The van der Waals surface area contributed by atoms with Crippen molar-refractivity contribution in [3.05, 3.63) is 29.8 Å². The fraction of sp³-hybridized carbons (Fsp3) is 0.300. The van der Waals surface area contributed by atoms with Gasteiger partial charge in [0.05, 0.1) is 12.3 Å². The fourth-order valence-corrected chi connectivity index (χ4v) is 0.803. The van der Waals surface area contributed by atoms with Crippen LogP contribution in [0, 0.1) is 6.92 Å². The number of hydrogen-bond donors (Lipinski definition) is 0. The summed E-state index contributed by atoms with van der Waals surface area (Å²) in [5, 5.41) is 0. The topological polar surface area (TPSA) is 21.6 Å². The van der Waals surface area contributed by atoms with Crippen molar-refractivity contribution in [1.29, 1.82) is 0 Å². The van der Waals surface area contributed by atoms with Crippen molar-refractivity contribution in [3.8, 4) is 0 Å². The van der Waals surface area contributed by atoms with Gasteiger partial charge in [0.25, 0.3) is 0 Å². The third-order valence-corrected chi connectivity index (χ3v) is 1.48. The van der Waals surface area contributed by atoms with E-state index in [-0.39, 0.29) is 0 Å². The van der Waals surface area contributed by atoms with E-state index in [4.69, 9.17) is 4.74 Å². The van der Waals surface area contributed by atoms with Crippen LogP contribution in [0.2, 0.25) is 0 Å². The van der Waals surface area contributed by atoms with Crippen LogP contribution in [-0.2, 0) is 4.74 Å². The number of aryl methyl sites for hydroxylation is 1. The second-order valence-corrected chi connectivity index (χ2v) is 2.53. The molecule has 0 fully saturated rings. The van der Waals surface area contributed by atoms with Crippen LogP contribution in [0.25, 0.3) is 0 Å². The predicted octanol–water partition coefficient (Wildman–Crippen LogP) is 2.69. The first kappa shape index (κ1) is 8.78. The highest BCUT2D eigenvalue weighted by Crippen LogP contribution is 2.11. The molecule has 2 heteroatoms. The minimum Gasteiger partial charge on any atom is -0.483 e. The van der Waals surface area contributed by atoms with Crippen LogP contribution in [0.4, 0.5) is 5.69 Å². The molecule has 2 nitrogen and oxygen atoms in total. The van der Waals surface area contributed by atoms with E-state index in [0.29, 0.717) is 6.61 Å². The highest BCUT2D eigenvalue weighted by molar-refractivity contribution is 5.55. The SMILES string of the molecule is CCOC=Nc1ccc(C)cc1. The number of ether oxygens (including phenoxy) is 1. The maximum atomic E-state index is 4.98. The monoisotopic (exact) mass is 163 g/mol. The summed E-state index contributed by atoms with van der Waals surface area (Å²) in [6, 6.07) is 7.98. The molecule has 0 aliphatic heterocycles. The van der Waals surface area contributed by atoms with E-state index < -0.39 is 0 Å². The zero-order chi connectivity index (χ0) is 8.81. The molecule has 0 amide bonds. The molecule has 1 aromatic rings. The Morgan fingerprint density at radius 3 is 2.58 bits per heavy atom. The standard InChI is InChI=1S/C10H13NO/c1-3-12-8-11-10-6-4-9(2)5-7-10/h4-8H,3H2,1-2H3. The van der Waals surface area contributed by atoms with Crippen molar-refractivity contribution in [3.63, 3.8) is 0 Å². The Balaban J connectivity index is 2.58. The second kappa shape index (κ2) is 4.54. The van der Waals surface area contributed by atoms with Crippen LogP contribution in [0.15, 0.2) is 29.3 Å². The van der Waals surface area contributed by atoms with E-state index in [1.54, 1.807) is 0 Å². The number of aliphatic imine (C=N–C) groups is 1. The van der Waals surface area contributed by atoms with Crippen molar-refractivity contribution in [2.24, 2.45) is 4.99 Å². The van der Waals surface area contributed by atoms with Crippen molar-refractivity contribution in [2.45, 2.75) is 13.8 Å². The Morgan fingerprint density at radius 1 is 1.33 bits per heavy atom. The molecule has 0 aliphatic rings. The molecule has 1 rings (SSSR count). The van der Waals surface area contributed by atoms with Gasteiger partial charge in [0.1, 0.15) is 0 Å². The summed E-state index contributed by atoms with van der Waals surface area (Å²) in [5.41, 5.74) is 2.17. The molecule has 0 N–H and O–H groups in total. The van der Waals surface area contributed by atoms with Gasteiger partial charge in [-0.15, -0.1) is 0 Å². The Labute approximate surface area is 72.9 Å². The van der Waals surface area contributed by atoms with Gasteiger partial charge in [-0.1, -0.05) is 17.7 Å². The highest BCUT2D eigenvalue weighted by Gasteiger charge is 1.85. The van der Waals surface area contributed by atoms with Crippen LogP contribution >= 0.6 is 0 Å². The smallest absolute Gasteiger partial charge is 0.174 e. The van der Waals surface area contributed by atoms with E-state index in [9.17, 15) is 0 Å². The Bertz CT molecular complexity index is 251. The Morgan fingerprint density at radius 2 is 2.00 bits per heavy atom. The molecule has 0 aliphatic carbocycles. The van der Waals surface area contributed by atoms with Gasteiger partial charge in [0, 0.05) is 0 Å². The first-order valence-corrected chi connectivity index (χ1v) is 4.03. The average Bonchev–Trinajstić information content (AvgIpc) is 2.09. The summed E-state index contributed by atoms with van der Waals surface area (Å²) in [6.45, 7) is 4.65. The van der Waals surface area contributed by atoms with Crippen LogP contribution < -0.4 is 0 Å². The van der Waals surface area contributed by atoms with Gasteiger partial charge in [0.15, 0.2) is 6.40 Å². The molecule has 0 heterocycles. The molecule has 0 saturated carbocycles. The Hall–Kier alpha value is -1.31. The third-order valence-electron chi connectivity index (χ3n) is 1.48. The van der Waals surface area contributed by atoms with Gasteiger partial charge >= 0.3 is 0 Å². The maximum absolute atomic E-state index is 4.98. The molecule has 0 unspecified atom stereocenters. The lowest BCUT2D eigenvalue weighted by atomic mass is 10.2. The molecule has 0 saturated heterocycles. The van der Waals surface area contributed by atoms with Crippen molar-refractivity contribution in [1.82, 2.24) is 0 Å². The van der Waals surface area contributed by atoms with Gasteiger partial charge in [0.2, 0.25) is 0 Å². The lowest BCUT2D eigenvalue weighted by molar-refractivity contribution is 0.344. The van der Waals surface area contributed by atoms with Crippen LogP contribution in [0.5, 0.6) is 0 Å². The van der Waals surface area contributed by atoms with Crippen molar-refractivity contribution in [2.75, 3.05) is 6.61 Å². The largest absolute Gasteiger partial charge is 0.483 e. The summed E-state index contributed by atoms with van der Waals surface area (Å²) in [6.07, 6.45) is 1.48. The molecule has 64 valence electrons. The number of nitrogens with zero attached hydrogens (tertiary/aromatic N) is 1. The molecule has 0 radical (unpaired) electrons. The molecule has 0 spiro atoms. The number of benzene rings is 1. The lowest BCUT2D eigenvalue weighted by Gasteiger charge is -1.94. The van der Waals surface area contributed by atoms with Gasteiger partial charge in [-0.05, 0) is 26.0 Å². The summed E-state index contributed by atoms with van der Waals surface area (Å²) in [7, 11) is 0. The molecule has 0 atom stereocenters.